The van der Waals surface area contributed by atoms with Crippen molar-refractivity contribution in [2.24, 2.45) is 0 Å². The zero-order chi connectivity index (χ0) is 15.7. The number of carboxylic acid groups (broad SMARTS) is 1. The maximum atomic E-state index is 13.7. The number of nitrogens with zero attached hydrogens (tertiary/aromatic N) is 1. The molecule has 0 amide bonds. The number of aromatic nitrogens is 1. The van der Waals surface area contributed by atoms with Crippen molar-refractivity contribution in [1.82, 2.24) is 4.98 Å². The highest BCUT2D eigenvalue weighted by molar-refractivity contribution is 5.89. The van der Waals surface area contributed by atoms with Gasteiger partial charge in [0.15, 0.2) is 5.76 Å². The number of hydrogen-bond donors (Lipinski definition) is 1. The molecule has 0 aliphatic heterocycles. The molecule has 0 saturated carbocycles. The highest BCUT2D eigenvalue weighted by atomic mass is 19.1. The molecule has 0 radical (unpaired) electrons. The Bertz CT molecular complexity index is 858. The minimum absolute atomic E-state index is 0.0783. The Morgan fingerprint density at radius 2 is 1.95 bits per heavy atom. The molecule has 0 aliphatic rings. The third-order valence-corrected chi connectivity index (χ3v) is 3.06. The third-order valence-electron chi connectivity index (χ3n) is 3.06. The van der Waals surface area contributed by atoms with Crippen LogP contribution in [0.2, 0.25) is 0 Å². The molecule has 0 atom stereocenters. The molecular weight excluding hydrogens is 292 g/mol. The average molecular weight is 301 g/mol. The minimum atomic E-state index is -1.07. The fourth-order valence-corrected chi connectivity index (χ4v) is 2.01. The molecule has 22 heavy (non-hydrogen) atoms. The fraction of sp³-hybridized carbons (Fsp3) is 0. The van der Waals surface area contributed by atoms with Gasteiger partial charge >= 0.3 is 5.97 Å². The summed E-state index contributed by atoms with van der Waals surface area (Å²) in [7, 11) is 0. The van der Waals surface area contributed by atoms with E-state index >= 15 is 0 Å². The number of halogens is 2. The van der Waals surface area contributed by atoms with Crippen LogP contribution in [-0.4, -0.2) is 16.1 Å². The van der Waals surface area contributed by atoms with Crippen molar-refractivity contribution in [3.8, 4) is 22.8 Å². The summed E-state index contributed by atoms with van der Waals surface area (Å²) in [6.07, 6.45) is 1.30. The van der Waals surface area contributed by atoms with Gasteiger partial charge in [0.25, 0.3) is 0 Å². The molecular formula is C16H9F2NO3. The lowest BCUT2D eigenvalue weighted by Crippen LogP contribution is -1.95. The van der Waals surface area contributed by atoms with Crippen LogP contribution in [0.1, 0.15) is 10.4 Å². The molecule has 1 N–H and O–H groups in total. The summed E-state index contributed by atoms with van der Waals surface area (Å²) < 4.78 is 32.1. The summed E-state index contributed by atoms with van der Waals surface area (Å²) in [5.41, 5.74) is 0.619. The summed E-state index contributed by atoms with van der Waals surface area (Å²) in [6, 6.07) is 9.15. The molecule has 1 heterocycles. The molecule has 6 heteroatoms. The van der Waals surface area contributed by atoms with Crippen LogP contribution in [0, 0.1) is 11.6 Å². The number of oxazole rings is 1. The van der Waals surface area contributed by atoms with Crippen molar-refractivity contribution >= 4 is 5.97 Å². The van der Waals surface area contributed by atoms with Crippen molar-refractivity contribution < 1.29 is 23.1 Å². The summed E-state index contributed by atoms with van der Waals surface area (Å²) in [5, 5.41) is 8.97. The number of aromatic carboxylic acids is 1. The molecule has 3 aromatic rings. The first-order chi connectivity index (χ1) is 10.5. The van der Waals surface area contributed by atoms with E-state index in [2.05, 4.69) is 4.98 Å². The Labute approximate surface area is 123 Å². The van der Waals surface area contributed by atoms with Crippen molar-refractivity contribution in [1.29, 1.82) is 0 Å². The van der Waals surface area contributed by atoms with E-state index in [1.807, 2.05) is 0 Å². The number of carbonyl (C=O) groups is 1. The van der Waals surface area contributed by atoms with Crippen LogP contribution in [0.5, 0.6) is 0 Å². The average Bonchev–Trinajstić information content (AvgIpc) is 2.97. The summed E-state index contributed by atoms with van der Waals surface area (Å²) in [6.45, 7) is 0. The molecule has 1 aromatic heterocycles. The lowest BCUT2D eigenvalue weighted by atomic mass is 10.1. The highest BCUT2D eigenvalue weighted by Gasteiger charge is 2.14. The molecule has 110 valence electrons. The van der Waals surface area contributed by atoms with Gasteiger partial charge in [0.1, 0.15) is 11.6 Å². The second-order valence-corrected chi connectivity index (χ2v) is 4.54. The van der Waals surface area contributed by atoms with Crippen LogP contribution in [0.4, 0.5) is 8.78 Å². The zero-order valence-corrected chi connectivity index (χ0v) is 11.1. The number of benzene rings is 2. The fourth-order valence-electron chi connectivity index (χ4n) is 2.01. The Balaban J connectivity index is 2.00. The van der Waals surface area contributed by atoms with Gasteiger partial charge < -0.3 is 9.52 Å². The molecule has 0 spiro atoms. The monoisotopic (exact) mass is 301 g/mol. The topological polar surface area (TPSA) is 63.3 Å². The van der Waals surface area contributed by atoms with Gasteiger partial charge in [0.05, 0.1) is 17.3 Å². The first-order valence-corrected chi connectivity index (χ1v) is 6.29. The third kappa shape index (κ3) is 2.58. The summed E-state index contributed by atoms with van der Waals surface area (Å²) >= 11 is 0. The van der Waals surface area contributed by atoms with Gasteiger partial charge in [0, 0.05) is 11.6 Å². The molecule has 4 nitrogen and oxygen atoms in total. The van der Waals surface area contributed by atoms with Gasteiger partial charge in [-0.05, 0) is 30.3 Å². The smallest absolute Gasteiger partial charge is 0.335 e. The number of carboxylic acids is 1. The van der Waals surface area contributed by atoms with E-state index < -0.39 is 17.6 Å². The lowest BCUT2D eigenvalue weighted by Gasteiger charge is -2.00. The highest BCUT2D eigenvalue weighted by Crippen LogP contribution is 2.28. The Hall–Kier alpha value is -3.02. The van der Waals surface area contributed by atoms with Crippen molar-refractivity contribution in [2.75, 3.05) is 0 Å². The van der Waals surface area contributed by atoms with Crippen LogP contribution in [0.15, 0.2) is 53.1 Å². The van der Waals surface area contributed by atoms with Gasteiger partial charge in [-0.3, -0.25) is 0 Å². The van der Waals surface area contributed by atoms with E-state index in [1.54, 1.807) is 12.1 Å². The van der Waals surface area contributed by atoms with Crippen molar-refractivity contribution in [2.45, 2.75) is 0 Å². The van der Waals surface area contributed by atoms with Gasteiger partial charge in [-0.25, -0.2) is 18.6 Å². The van der Waals surface area contributed by atoms with Crippen LogP contribution in [0.3, 0.4) is 0 Å². The molecule has 3 rings (SSSR count). The van der Waals surface area contributed by atoms with E-state index in [1.165, 1.54) is 24.4 Å². The van der Waals surface area contributed by atoms with Crippen LogP contribution in [-0.2, 0) is 0 Å². The quantitative estimate of drug-likeness (QED) is 0.794. The largest absolute Gasteiger partial charge is 0.478 e. The van der Waals surface area contributed by atoms with E-state index in [9.17, 15) is 13.6 Å². The SMILES string of the molecule is O=C(O)c1cccc(-c2ncc(-c3ccc(F)cc3F)o2)c1. The van der Waals surface area contributed by atoms with Crippen molar-refractivity contribution in [3.63, 3.8) is 0 Å². The van der Waals surface area contributed by atoms with Crippen LogP contribution in [0.25, 0.3) is 22.8 Å². The number of hydrogen-bond acceptors (Lipinski definition) is 3. The van der Waals surface area contributed by atoms with Crippen LogP contribution >= 0.6 is 0 Å². The molecule has 0 saturated heterocycles. The maximum absolute atomic E-state index is 13.7. The normalized spacial score (nSPS) is 10.6. The standard InChI is InChI=1S/C16H9F2NO3/c17-11-4-5-12(13(18)7-11)14-8-19-15(22-14)9-2-1-3-10(6-9)16(20)21/h1-8H,(H,20,21). The Morgan fingerprint density at radius 3 is 2.68 bits per heavy atom. The Morgan fingerprint density at radius 1 is 1.14 bits per heavy atom. The first-order valence-electron chi connectivity index (χ1n) is 6.29. The molecule has 0 aliphatic carbocycles. The van der Waals surface area contributed by atoms with E-state index in [-0.39, 0.29) is 22.8 Å². The van der Waals surface area contributed by atoms with Gasteiger partial charge in [0.2, 0.25) is 5.89 Å². The van der Waals surface area contributed by atoms with E-state index in [4.69, 9.17) is 9.52 Å². The predicted molar refractivity (Wildman–Crippen MR) is 74.3 cm³/mol. The lowest BCUT2D eigenvalue weighted by molar-refractivity contribution is 0.0697. The van der Waals surface area contributed by atoms with Gasteiger partial charge in [-0.15, -0.1) is 0 Å². The maximum Gasteiger partial charge on any atom is 0.335 e. The predicted octanol–water partition coefficient (Wildman–Crippen LogP) is 3.99. The van der Waals surface area contributed by atoms with Gasteiger partial charge in [-0.1, -0.05) is 6.07 Å². The minimum Gasteiger partial charge on any atom is -0.478 e. The summed E-state index contributed by atoms with van der Waals surface area (Å²) in [4.78, 5) is 15.0. The van der Waals surface area contributed by atoms with E-state index in [0.717, 1.165) is 12.1 Å². The zero-order valence-electron chi connectivity index (χ0n) is 11.1. The van der Waals surface area contributed by atoms with Gasteiger partial charge in [-0.2, -0.15) is 0 Å². The molecule has 0 unspecified atom stereocenters. The second kappa shape index (κ2) is 5.40. The molecule has 2 aromatic carbocycles. The van der Waals surface area contributed by atoms with Crippen LogP contribution < -0.4 is 0 Å². The number of rotatable bonds is 3. The molecule has 0 fully saturated rings. The van der Waals surface area contributed by atoms with E-state index in [0.29, 0.717) is 5.56 Å². The molecule has 0 bridgehead atoms. The Kier molecular flexibility index (Phi) is 3.42. The van der Waals surface area contributed by atoms with Crippen molar-refractivity contribution in [3.05, 3.63) is 65.9 Å². The second-order valence-electron chi connectivity index (χ2n) is 4.54. The first kappa shape index (κ1) is 13.9. The summed E-state index contributed by atoms with van der Waals surface area (Å²) in [5.74, 6) is -2.23.